The number of carbonyl (C=O) groups is 6. The molecule has 1 saturated heterocycles. The van der Waals surface area contributed by atoms with Gasteiger partial charge in [-0.1, -0.05) is 6.92 Å². The van der Waals surface area contributed by atoms with Crippen LogP contribution >= 0.6 is 0 Å². The Morgan fingerprint density at radius 2 is 1.26 bits per heavy atom. The zero-order valence-corrected chi connectivity index (χ0v) is 25.2. The fourth-order valence-corrected chi connectivity index (χ4v) is 4.26. The van der Waals surface area contributed by atoms with Crippen molar-refractivity contribution >= 4 is 35.5 Å². The Bertz CT molecular complexity index is 945. The third-order valence-corrected chi connectivity index (χ3v) is 6.17. The average Bonchev–Trinajstić information content (AvgIpc) is 2.85. The van der Waals surface area contributed by atoms with Crippen molar-refractivity contribution in [2.45, 2.75) is 38.4 Å². The summed E-state index contributed by atoms with van der Waals surface area (Å²) >= 11 is 0. The molecule has 5 amide bonds. The number of hydrogen-bond donors (Lipinski definition) is 9. The molecule has 0 radical (unpaired) electrons. The standard InChI is InChI=1S/C25H47N9O9/c1-4-33(15-18(35)14-32(2)3)10-9-29-21(38)12-24(41)31-34(16-19(36)17-34)30-23(40)11-20(37)27-7-5-26-6-8-28-22(39)13-25(42)43/h18-19,26,35-36H,4-17H2,1-3H3,(H5-,27,28,29,30,31,37,38,39,40,41,42,43)/p+1. The lowest BCUT2D eigenvalue weighted by atomic mass is 10.2. The summed E-state index contributed by atoms with van der Waals surface area (Å²) in [6, 6.07) is 0. The molecular weight excluding hydrogens is 570 g/mol. The molecule has 1 atom stereocenters. The molecule has 1 heterocycles. The Morgan fingerprint density at radius 3 is 1.70 bits per heavy atom. The van der Waals surface area contributed by atoms with Crippen LogP contribution < -0.4 is 32.1 Å². The van der Waals surface area contributed by atoms with Crippen LogP contribution in [0.15, 0.2) is 0 Å². The van der Waals surface area contributed by atoms with E-state index < -0.39 is 71.7 Å². The van der Waals surface area contributed by atoms with Crippen LogP contribution in [0.2, 0.25) is 0 Å². The third kappa shape index (κ3) is 17.3. The Hall–Kier alpha value is -3.42. The van der Waals surface area contributed by atoms with Gasteiger partial charge in [0.25, 0.3) is 11.8 Å². The summed E-state index contributed by atoms with van der Waals surface area (Å²) < 4.78 is -0.498. The van der Waals surface area contributed by atoms with Crippen molar-refractivity contribution in [2.24, 2.45) is 0 Å². The SMILES string of the molecule is CCN(CCNC(=O)CC(=O)N[N+]1(NC(=O)CC(=O)NCCNCCNC(=O)CC(=O)O)CC(O)C1)CC(O)CN(C)C. The van der Waals surface area contributed by atoms with E-state index in [0.717, 1.165) is 0 Å². The van der Waals surface area contributed by atoms with Gasteiger partial charge in [-0.2, -0.15) is 10.9 Å². The summed E-state index contributed by atoms with van der Waals surface area (Å²) in [6.07, 6.45) is -2.97. The van der Waals surface area contributed by atoms with Crippen LogP contribution in [-0.2, 0) is 28.8 Å². The van der Waals surface area contributed by atoms with E-state index in [9.17, 15) is 39.0 Å². The van der Waals surface area contributed by atoms with Gasteiger partial charge in [-0.3, -0.25) is 33.7 Å². The van der Waals surface area contributed by atoms with Gasteiger partial charge in [0.2, 0.25) is 17.7 Å². The van der Waals surface area contributed by atoms with Gasteiger partial charge in [-0.25, -0.2) is 0 Å². The van der Waals surface area contributed by atoms with Crippen molar-refractivity contribution in [3.63, 3.8) is 0 Å². The second-order valence-corrected chi connectivity index (χ2v) is 10.6. The number of carboxylic acids is 1. The zero-order valence-electron chi connectivity index (χ0n) is 25.2. The highest BCUT2D eigenvalue weighted by molar-refractivity contribution is 5.97. The van der Waals surface area contributed by atoms with Crippen LogP contribution in [0.4, 0.5) is 0 Å². The Morgan fingerprint density at radius 1 is 0.767 bits per heavy atom. The van der Waals surface area contributed by atoms with E-state index in [1.807, 2.05) is 30.8 Å². The number of aliphatic carboxylic acids is 1. The van der Waals surface area contributed by atoms with Crippen molar-refractivity contribution in [1.29, 1.82) is 0 Å². The van der Waals surface area contributed by atoms with Crippen molar-refractivity contribution in [1.82, 2.24) is 41.9 Å². The monoisotopic (exact) mass is 618 g/mol. The minimum atomic E-state index is -1.22. The van der Waals surface area contributed by atoms with E-state index >= 15 is 0 Å². The number of hydrogen-bond acceptors (Lipinski definition) is 11. The minimum absolute atomic E-state index is 0.0334. The van der Waals surface area contributed by atoms with E-state index in [1.54, 1.807) is 0 Å². The zero-order chi connectivity index (χ0) is 32.4. The molecule has 0 aromatic carbocycles. The maximum absolute atomic E-state index is 12.5. The summed E-state index contributed by atoms with van der Waals surface area (Å²) in [5, 5.41) is 39.0. The Labute approximate surface area is 251 Å². The van der Waals surface area contributed by atoms with Crippen LogP contribution in [0.1, 0.15) is 26.2 Å². The summed E-state index contributed by atoms with van der Waals surface area (Å²) in [7, 11) is 3.73. The van der Waals surface area contributed by atoms with Gasteiger partial charge in [0.15, 0.2) is 19.2 Å². The van der Waals surface area contributed by atoms with Crippen molar-refractivity contribution in [2.75, 3.05) is 86.1 Å². The number of quaternary nitrogens is 1. The van der Waals surface area contributed by atoms with Crippen molar-refractivity contribution < 1.29 is 48.8 Å². The first-order valence-corrected chi connectivity index (χ1v) is 14.2. The van der Waals surface area contributed by atoms with Gasteiger partial charge in [-0.05, 0) is 20.6 Å². The van der Waals surface area contributed by atoms with Crippen LogP contribution in [0, 0.1) is 0 Å². The van der Waals surface area contributed by atoms with Crippen LogP contribution in [0.5, 0.6) is 0 Å². The third-order valence-electron chi connectivity index (χ3n) is 6.17. The molecule has 1 aliphatic rings. The molecule has 0 bridgehead atoms. The molecule has 0 saturated carbocycles. The van der Waals surface area contributed by atoms with Gasteiger partial charge in [-0.15, -0.1) is 4.70 Å². The first-order valence-electron chi connectivity index (χ1n) is 14.2. The molecule has 18 heteroatoms. The Kier molecular flexibility index (Phi) is 17.2. The molecule has 43 heavy (non-hydrogen) atoms. The maximum Gasteiger partial charge on any atom is 0.312 e. The van der Waals surface area contributed by atoms with Gasteiger partial charge < -0.3 is 41.5 Å². The first kappa shape index (κ1) is 37.6. The molecule has 1 rings (SSSR count). The molecule has 1 unspecified atom stereocenters. The topological polar surface area (TPSA) is 242 Å². The summed E-state index contributed by atoms with van der Waals surface area (Å²) in [4.78, 5) is 74.8. The lowest BCUT2D eigenvalue weighted by molar-refractivity contribution is -1.03. The summed E-state index contributed by atoms with van der Waals surface area (Å²) in [5.41, 5.74) is 5.05. The van der Waals surface area contributed by atoms with Gasteiger partial charge in [0.05, 0.1) is 6.10 Å². The minimum Gasteiger partial charge on any atom is -0.481 e. The van der Waals surface area contributed by atoms with E-state index in [1.165, 1.54) is 0 Å². The molecule has 9 N–H and O–H groups in total. The van der Waals surface area contributed by atoms with E-state index in [2.05, 4.69) is 32.1 Å². The number of amides is 5. The van der Waals surface area contributed by atoms with E-state index in [0.29, 0.717) is 39.3 Å². The normalized spacial score (nSPS) is 18.3. The molecule has 0 aromatic rings. The number of nitrogens with one attached hydrogen (secondary N) is 6. The number of carboxylic acid groups (broad SMARTS) is 1. The molecule has 0 aromatic heterocycles. The fourth-order valence-electron chi connectivity index (χ4n) is 4.26. The van der Waals surface area contributed by atoms with E-state index in [-0.39, 0.29) is 32.7 Å². The second-order valence-electron chi connectivity index (χ2n) is 10.6. The number of aliphatic hydroxyl groups is 2. The largest absolute Gasteiger partial charge is 0.481 e. The number of rotatable bonds is 22. The molecule has 246 valence electrons. The highest BCUT2D eigenvalue weighted by Crippen LogP contribution is 2.14. The molecule has 1 aliphatic heterocycles. The van der Waals surface area contributed by atoms with E-state index in [4.69, 9.17) is 5.11 Å². The lowest BCUT2D eigenvalue weighted by Crippen LogP contribution is -2.80. The van der Waals surface area contributed by atoms with Gasteiger partial charge in [0, 0.05) is 52.4 Å². The molecule has 0 spiro atoms. The number of nitrogens with zero attached hydrogens (tertiary/aromatic N) is 3. The van der Waals surface area contributed by atoms with Crippen LogP contribution in [0.25, 0.3) is 0 Å². The van der Waals surface area contributed by atoms with Gasteiger partial charge in [0.1, 0.15) is 19.3 Å². The van der Waals surface area contributed by atoms with Crippen molar-refractivity contribution in [3.05, 3.63) is 0 Å². The quantitative estimate of drug-likeness (QED) is 0.0314. The number of carbonyl (C=O) groups excluding carboxylic acids is 5. The summed E-state index contributed by atoms with van der Waals surface area (Å²) in [6.45, 7) is 5.35. The molecule has 0 aliphatic carbocycles. The number of likely N-dealkylation sites (N-methyl/N-ethyl adjacent to an activating group) is 2. The summed E-state index contributed by atoms with van der Waals surface area (Å²) in [5.74, 6) is -4.29. The Balaban J connectivity index is 2.33. The second kappa shape index (κ2) is 19.7. The highest BCUT2D eigenvalue weighted by Gasteiger charge is 2.48. The predicted octanol–water partition coefficient (Wildman–Crippen LogP) is -5.32. The smallest absolute Gasteiger partial charge is 0.312 e. The van der Waals surface area contributed by atoms with Crippen molar-refractivity contribution in [3.8, 4) is 0 Å². The van der Waals surface area contributed by atoms with Crippen LogP contribution in [0.3, 0.4) is 0 Å². The fraction of sp³-hybridized carbons (Fsp3) is 0.760. The molecular formula is C25H48N9O9+. The predicted molar refractivity (Wildman–Crippen MR) is 152 cm³/mol. The highest BCUT2D eigenvalue weighted by atomic mass is 16.4. The van der Waals surface area contributed by atoms with Gasteiger partial charge >= 0.3 is 5.97 Å². The molecule has 1 fully saturated rings. The van der Waals surface area contributed by atoms with Crippen LogP contribution in [-0.4, -0.2) is 164 Å². The molecule has 18 nitrogen and oxygen atoms in total. The number of aliphatic hydroxyl groups excluding tert-OH is 2. The maximum atomic E-state index is 12.5. The average molecular weight is 619 g/mol. The lowest BCUT2D eigenvalue weighted by Gasteiger charge is -2.45. The first-order chi connectivity index (χ1) is 20.2.